The van der Waals surface area contributed by atoms with Crippen LogP contribution in [0.15, 0.2) is 66.7 Å². The number of anilines is 2. The van der Waals surface area contributed by atoms with Crippen LogP contribution in [-0.4, -0.2) is 11.8 Å². The van der Waals surface area contributed by atoms with Gasteiger partial charge in [-0.1, -0.05) is 30.3 Å². The van der Waals surface area contributed by atoms with Crippen molar-refractivity contribution in [2.75, 3.05) is 10.2 Å². The second kappa shape index (κ2) is 9.09. The molecule has 0 aromatic heterocycles. The highest BCUT2D eigenvalue weighted by Gasteiger charge is 2.37. The van der Waals surface area contributed by atoms with Crippen molar-refractivity contribution in [3.8, 4) is 0 Å². The number of nitrogens with zero attached hydrogens (tertiary/aromatic N) is 1. The molecule has 4 nitrogen and oxygen atoms in total. The predicted octanol–water partition coefficient (Wildman–Crippen LogP) is 6.46. The van der Waals surface area contributed by atoms with Gasteiger partial charge in [0.05, 0.1) is 17.7 Å². The monoisotopic (exact) mass is 492 g/mol. The van der Waals surface area contributed by atoms with Gasteiger partial charge in [0.2, 0.25) is 5.91 Å². The topological polar surface area (TPSA) is 49.4 Å². The molecule has 0 spiro atoms. The zero-order valence-corrected chi connectivity index (χ0v) is 18.0. The van der Waals surface area contributed by atoms with E-state index in [0.29, 0.717) is 30.8 Å². The van der Waals surface area contributed by atoms with Crippen LogP contribution in [-0.2, 0) is 30.1 Å². The lowest BCUT2D eigenvalue weighted by molar-refractivity contribution is -0.143. The fourth-order valence-electron chi connectivity index (χ4n) is 3.87. The normalized spacial score (nSPS) is 14.0. The Bertz CT molecular complexity index is 1240. The van der Waals surface area contributed by atoms with Gasteiger partial charge < -0.3 is 10.2 Å². The zero-order valence-electron chi connectivity index (χ0n) is 18.0. The van der Waals surface area contributed by atoms with Crippen LogP contribution in [0.25, 0.3) is 0 Å². The van der Waals surface area contributed by atoms with E-state index in [1.54, 1.807) is 17.0 Å². The van der Waals surface area contributed by atoms with Crippen LogP contribution in [0.2, 0.25) is 0 Å². The SMILES string of the molecule is O=C(Nc1ccc2c(c1)CCC(=O)N2Cc1ccccc1)c1cc(C(F)(F)F)cc(C(F)(F)F)c1. The molecule has 10 heteroatoms. The minimum Gasteiger partial charge on any atom is -0.322 e. The number of carbonyl (C=O) groups excluding carboxylic acids is 2. The van der Waals surface area contributed by atoms with Crippen LogP contribution < -0.4 is 10.2 Å². The van der Waals surface area contributed by atoms with Crippen LogP contribution >= 0.6 is 0 Å². The zero-order chi connectivity index (χ0) is 25.4. The standard InChI is InChI=1S/C25H18F6N2O2/c26-24(27,28)18-10-17(11-19(13-18)25(29,30)31)23(35)32-20-7-8-21-16(12-20)6-9-22(34)33(21)14-15-4-2-1-3-5-15/h1-5,7-8,10-13H,6,9,14H2,(H,32,35). The number of carbonyl (C=O) groups is 2. The lowest BCUT2D eigenvalue weighted by Crippen LogP contribution is -2.34. The molecule has 1 N–H and O–H groups in total. The summed E-state index contributed by atoms with van der Waals surface area (Å²) in [6, 6.07) is 14.6. The summed E-state index contributed by atoms with van der Waals surface area (Å²) in [5.74, 6) is -1.20. The lowest BCUT2D eigenvalue weighted by Gasteiger charge is -2.30. The summed E-state index contributed by atoms with van der Waals surface area (Å²) in [4.78, 5) is 26.7. The third kappa shape index (κ3) is 5.47. The number of hydrogen-bond donors (Lipinski definition) is 1. The highest BCUT2D eigenvalue weighted by Crippen LogP contribution is 2.37. The number of amides is 2. The minimum atomic E-state index is -5.06. The maximum atomic E-state index is 13.1. The molecule has 0 saturated carbocycles. The number of hydrogen-bond acceptors (Lipinski definition) is 2. The van der Waals surface area contributed by atoms with Crippen molar-refractivity contribution in [3.05, 3.63) is 94.5 Å². The number of alkyl halides is 6. The Kier molecular flexibility index (Phi) is 6.31. The van der Waals surface area contributed by atoms with Gasteiger partial charge in [0.25, 0.3) is 5.91 Å². The summed E-state index contributed by atoms with van der Waals surface area (Å²) in [5, 5.41) is 2.36. The third-order valence-electron chi connectivity index (χ3n) is 5.57. The number of benzene rings is 3. The first-order chi connectivity index (χ1) is 16.4. The van der Waals surface area contributed by atoms with Crippen molar-refractivity contribution in [3.63, 3.8) is 0 Å². The highest BCUT2D eigenvalue weighted by molar-refractivity contribution is 6.05. The van der Waals surface area contributed by atoms with E-state index in [1.165, 1.54) is 6.07 Å². The van der Waals surface area contributed by atoms with Crippen molar-refractivity contribution in [2.24, 2.45) is 0 Å². The van der Waals surface area contributed by atoms with E-state index in [-0.39, 0.29) is 24.1 Å². The molecule has 2 amide bonds. The molecule has 3 aromatic carbocycles. The van der Waals surface area contributed by atoms with E-state index in [4.69, 9.17) is 0 Å². The molecule has 0 atom stereocenters. The average molecular weight is 492 g/mol. The molecule has 1 heterocycles. The van der Waals surface area contributed by atoms with Crippen molar-refractivity contribution in [1.29, 1.82) is 0 Å². The van der Waals surface area contributed by atoms with Gasteiger partial charge in [-0.2, -0.15) is 26.3 Å². The first-order valence-electron chi connectivity index (χ1n) is 10.5. The Balaban J connectivity index is 1.60. The van der Waals surface area contributed by atoms with Crippen LogP contribution in [0.3, 0.4) is 0 Å². The molecule has 0 unspecified atom stereocenters. The summed E-state index contributed by atoms with van der Waals surface area (Å²) in [5.41, 5.74) is -1.47. The largest absolute Gasteiger partial charge is 0.416 e. The van der Waals surface area contributed by atoms with Crippen molar-refractivity contribution >= 4 is 23.2 Å². The van der Waals surface area contributed by atoms with E-state index in [1.807, 2.05) is 30.3 Å². The molecule has 1 aliphatic heterocycles. The Hall–Kier alpha value is -3.82. The van der Waals surface area contributed by atoms with Crippen LogP contribution in [0.5, 0.6) is 0 Å². The smallest absolute Gasteiger partial charge is 0.322 e. The molecule has 4 rings (SSSR count). The summed E-state index contributed by atoms with van der Waals surface area (Å²) < 4.78 is 78.6. The number of nitrogens with one attached hydrogen (secondary N) is 1. The van der Waals surface area contributed by atoms with E-state index in [0.717, 1.165) is 11.1 Å². The Labute approximate surface area is 196 Å². The first kappa shape index (κ1) is 24.3. The predicted molar refractivity (Wildman–Crippen MR) is 117 cm³/mol. The Morgan fingerprint density at radius 3 is 2.06 bits per heavy atom. The van der Waals surface area contributed by atoms with Crippen LogP contribution in [0.1, 0.15) is 39.0 Å². The molecule has 35 heavy (non-hydrogen) atoms. The fraction of sp³-hybridized carbons (Fsp3) is 0.200. The molecule has 0 saturated heterocycles. The summed E-state index contributed by atoms with van der Waals surface area (Å²) in [7, 11) is 0. The second-order valence-corrected chi connectivity index (χ2v) is 8.06. The van der Waals surface area contributed by atoms with Crippen molar-refractivity contribution in [2.45, 2.75) is 31.7 Å². The van der Waals surface area contributed by atoms with Crippen LogP contribution in [0.4, 0.5) is 37.7 Å². The van der Waals surface area contributed by atoms with E-state index < -0.39 is 35.0 Å². The van der Waals surface area contributed by atoms with Gasteiger partial charge in [0.15, 0.2) is 0 Å². The fourth-order valence-corrected chi connectivity index (χ4v) is 3.87. The van der Waals surface area contributed by atoms with Crippen molar-refractivity contribution in [1.82, 2.24) is 0 Å². The Morgan fingerprint density at radius 1 is 0.829 bits per heavy atom. The summed E-state index contributed by atoms with van der Waals surface area (Å²) in [6.45, 7) is 0.336. The van der Waals surface area contributed by atoms with Gasteiger partial charge in [-0.15, -0.1) is 0 Å². The summed E-state index contributed by atoms with van der Waals surface area (Å²) >= 11 is 0. The first-order valence-corrected chi connectivity index (χ1v) is 10.5. The number of fused-ring (bicyclic) bond motifs is 1. The molecule has 0 aliphatic carbocycles. The summed E-state index contributed by atoms with van der Waals surface area (Å²) in [6.07, 6.45) is -9.52. The number of rotatable bonds is 4. The van der Waals surface area contributed by atoms with Gasteiger partial charge in [0.1, 0.15) is 0 Å². The van der Waals surface area contributed by atoms with E-state index >= 15 is 0 Å². The molecule has 0 radical (unpaired) electrons. The van der Waals surface area contributed by atoms with Gasteiger partial charge in [-0.3, -0.25) is 9.59 Å². The molecular formula is C25H18F6N2O2. The van der Waals surface area contributed by atoms with Gasteiger partial charge >= 0.3 is 12.4 Å². The van der Waals surface area contributed by atoms with E-state index in [2.05, 4.69) is 5.32 Å². The lowest BCUT2D eigenvalue weighted by atomic mass is 9.99. The quantitative estimate of drug-likeness (QED) is 0.425. The minimum absolute atomic E-state index is 0.0337. The molecule has 1 aliphatic rings. The molecule has 0 fully saturated rings. The van der Waals surface area contributed by atoms with Crippen LogP contribution in [0, 0.1) is 0 Å². The maximum absolute atomic E-state index is 13.1. The highest BCUT2D eigenvalue weighted by atomic mass is 19.4. The molecule has 3 aromatic rings. The van der Waals surface area contributed by atoms with Crippen molar-refractivity contribution < 1.29 is 35.9 Å². The molecule has 0 bridgehead atoms. The maximum Gasteiger partial charge on any atom is 0.416 e. The van der Waals surface area contributed by atoms with Gasteiger partial charge in [0, 0.05) is 23.4 Å². The molecular weight excluding hydrogens is 474 g/mol. The number of aryl methyl sites for hydroxylation is 1. The second-order valence-electron chi connectivity index (χ2n) is 8.06. The molecule has 182 valence electrons. The van der Waals surface area contributed by atoms with Gasteiger partial charge in [-0.05, 0) is 53.9 Å². The third-order valence-corrected chi connectivity index (χ3v) is 5.57. The Morgan fingerprint density at radius 2 is 1.46 bits per heavy atom. The van der Waals surface area contributed by atoms with E-state index in [9.17, 15) is 35.9 Å². The number of halogens is 6. The average Bonchev–Trinajstić information content (AvgIpc) is 2.80. The van der Waals surface area contributed by atoms with Gasteiger partial charge in [-0.25, -0.2) is 0 Å².